The zero-order valence-corrected chi connectivity index (χ0v) is 22.6. The van der Waals surface area contributed by atoms with Crippen LogP contribution in [0.25, 0.3) is 11.0 Å². The minimum atomic E-state index is -0.479. The molecule has 0 radical (unpaired) electrons. The van der Waals surface area contributed by atoms with E-state index in [-0.39, 0.29) is 24.3 Å². The molecule has 1 saturated heterocycles. The normalized spacial score (nSPS) is 16.3. The summed E-state index contributed by atoms with van der Waals surface area (Å²) in [5.74, 6) is 0.766. The zero-order chi connectivity index (χ0) is 27.6. The number of piperidine rings is 1. The smallest absolute Gasteiger partial charge is 0.410 e. The summed E-state index contributed by atoms with van der Waals surface area (Å²) in [6.45, 7) is 9.65. The second-order valence-corrected chi connectivity index (χ2v) is 10.9. The van der Waals surface area contributed by atoms with Crippen LogP contribution in [0.15, 0.2) is 41.5 Å². The Balaban J connectivity index is 1.16. The highest BCUT2D eigenvalue weighted by Gasteiger charge is 2.32. The number of carbonyl (C=O) groups is 1. The molecule has 2 aliphatic rings. The van der Waals surface area contributed by atoms with Crippen LogP contribution in [0.2, 0.25) is 0 Å². The second kappa shape index (κ2) is 11.2. The Morgan fingerprint density at radius 2 is 1.82 bits per heavy atom. The van der Waals surface area contributed by atoms with Crippen LogP contribution in [0.5, 0.6) is 11.5 Å². The van der Waals surface area contributed by atoms with E-state index in [2.05, 4.69) is 14.9 Å². The number of carbonyl (C=O) groups excluding carboxylic acids is 1. The number of fused-ring (bicyclic) bond motifs is 2. The third-order valence-electron chi connectivity index (χ3n) is 7.08. The number of halogens is 1. The minimum Gasteiger partial charge on any atom is -0.486 e. The predicted octanol–water partition coefficient (Wildman–Crippen LogP) is 3.60. The SMILES string of the molecule is CC(C)(C)N(Cc1cc2c(cn1)OCCO2)C(=O)OC1CCN(CCn2c(=O)ccc3ncc(F)cc32)CC1. The van der Waals surface area contributed by atoms with E-state index in [4.69, 9.17) is 14.2 Å². The van der Waals surface area contributed by atoms with Crippen LogP contribution in [0, 0.1) is 5.82 Å². The van der Waals surface area contributed by atoms with Crippen LogP contribution >= 0.6 is 0 Å². The van der Waals surface area contributed by atoms with E-state index >= 15 is 0 Å². The van der Waals surface area contributed by atoms with Crippen molar-refractivity contribution in [2.24, 2.45) is 0 Å². The highest BCUT2D eigenvalue weighted by Crippen LogP contribution is 2.30. The molecule has 1 fully saturated rings. The van der Waals surface area contributed by atoms with Gasteiger partial charge in [-0.2, -0.15) is 0 Å². The molecule has 0 aromatic carbocycles. The van der Waals surface area contributed by atoms with Crippen molar-refractivity contribution in [2.45, 2.75) is 58.3 Å². The summed E-state index contributed by atoms with van der Waals surface area (Å²) in [7, 11) is 0. The first-order valence-electron chi connectivity index (χ1n) is 13.3. The van der Waals surface area contributed by atoms with Crippen LogP contribution in [0.1, 0.15) is 39.3 Å². The predicted molar refractivity (Wildman–Crippen MR) is 142 cm³/mol. The standard InChI is InChI=1S/C28H34FN5O5/c1-28(2,3)34(18-20-15-24-25(17-30-20)38-13-12-37-24)27(36)39-21-6-8-32(9-7-21)10-11-33-23-14-19(29)16-31-22(23)4-5-26(33)35/h4-5,14-17,21H,6-13,18H2,1-3H3. The maximum atomic E-state index is 13.8. The second-order valence-electron chi connectivity index (χ2n) is 10.9. The molecule has 5 rings (SSSR count). The largest absolute Gasteiger partial charge is 0.486 e. The zero-order valence-electron chi connectivity index (χ0n) is 22.6. The topological polar surface area (TPSA) is 99.0 Å². The van der Waals surface area contributed by atoms with Crippen molar-refractivity contribution in [3.63, 3.8) is 0 Å². The third kappa shape index (κ3) is 6.30. The summed E-state index contributed by atoms with van der Waals surface area (Å²) >= 11 is 0. The Morgan fingerprint density at radius 1 is 1.08 bits per heavy atom. The van der Waals surface area contributed by atoms with Gasteiger partial charge in [0, 0.05) is 49.9 Å². The van der Waals surface area contributed by atoms with Gasteiger partial charge < -0.3 is 23.7 Å². The van der Waals surface area contributed by atoms with Crippen molar-refractivity contribution in [2.75, 3.05) is 32.8 Å². The van der Waals surface area contributed by atoms with Gasteiger partial charge in [0.25, 0.3) is 5.56 Å². The summed E-state index contributed by atoms with van der Waals surface area (Å²) in [5.41, 5.74) is 1.10. The van der Waals surface area contributed by atoms with Crippen molar-refractivity contribution in [1.29, 1.82) is 0 Å². The molecule has 39 heavy (non-hydrogen) atoms. The molecule has 0 aliphatic carbocycles. The fourth-order valence-corrected chi connectivity index (χ4v) is 4.89. The number of rotatable bonds is 6. The third-order valence-corrected chi connectivity index (χ3v) is 7.08. The number of amides is 1. The van der Waals surface area contributed by atoms with E-state index in [1.807, 2.05) is 26.8 Å². The molecule has 0 N–H and O–H groups in total. The van der Waals surface area contributed by atoms with Gasteiger partial charge in [0.05, 0.1) is 35.7 Å². The molecule has 1 amide bonds. The van der Waals surface area contributed by atoms with E-state index in [0.29, 0.717) is 67.4 Å². The van der Waals surface area contributed by atoms with Crippen LogP contribution in [-0.2, 0) is 17.8 Å². The Bertz CT molecular complexity index is 1400. The number of nitrogens with zero attached hydrogens (tertiary/aromatic N) is 5. The van der Waals surface area contributed by atoms with Crippen LogP contribution in [-0.4, -0.2) is 74.9 Å². The van der Waals surface area contributed by atoms with Crippen LogP contribution in [0.3, 0.4) is 0 Å². The number of pyridine rings is 3. The van der Waals surface area contributed by atoms with Gasteiger partial charge in [-0.1, -0.05) is 0 Å². The molecule has 0 spiro atoms. The minimum absolute atomic E-state index is 0.187. The number of ether oxygens (including phenoxy) is 3. The maximum absolute atomic E-state index is 13.8. The lowest BCUT2D eigenvalue weighted by Crippen LogP contribution is -2.48. The molecule has 0 unspecified atom stereocenters. The monoisotopic (exact) mass is 539 g/mol. The molecule has 0 saturated carbocycles. The van der Waals surface area contributed by atoms with Gasteiger partial charge in [0.2, 0.25) is 0 Å². The molecule has 0 bridgehead atoms. The summed E-state index contributed by atoms with van der Waals surface area (Å²) in [6, 6.07) is 6.22. The Hall–Kier alpha value is -3.73. The number of hydrogen-bond acceptors (Lipinski definition) is 8. The molecule has 5 heterocycles. The van der Waals surface area contributed by atoms with E-state index in [0.717, 1.165) is 19.3 Å². The summed E-state index contributed by atoms with van der Waals surface area (Å²) in [4.78, 5) is 38.1. The van der Waals surface area contributed by atoms with Gasteiger partial charge in [-0.15, -0.1) is 0 Å². The highest BCUT2D eigenvalue weighted by molar-refractivity contribution is 5.74. The highest BCUT2D eigenvalue weighted by atomic mass is 19.1. The maximum Gasteiger partial charge on any atom is 0.410 e. The molecular weight excluding hydrogens is 505 g/mol. The van der Waals surface area contributed by atoms with E-state index < -0.39 is 11.4 Å². The quantitative estimate of drug-likeness (QED) is 0.469. The Labute approximate surface area is 226 Å². The lowest BCUT2D eigenvalue weighted by molar-refractivity contribution is 0.00868. The van der Waals surface area contributed by atoms with Gasteiger partial charge in [-0.3, -0.25) is 19.7 Å². The molecule has 10 nitrogen and oxygen atoms in total. The summed E-state index contributed by atoms with van der Waals surface area (Å²) in [5, 5.41) is 0. The first-order valence-corrected chi connectivity index (χ1v) is 13.3. The lowest BCUT2D eigenvalue weighted by Gasteiger charge is -2.37. The molecular formula is C28H34FN5O5. The van der Waals surface area contributed by atoms with Gasteiger partial charge >= 0.3 is 6.09 Å². The molecule has 0 atom stereocenters. The van der Waals surface area contributed by atoms with Gasteiger partial charge in [0.1, 0.15) is 25.1 Å². The van der Waals surface area contributed by atoms with Crippen molar-refractivity contribution in [3.05, 3.63) is 58.5 Å². The summed E-state index contributed by atoms with van der Waals surface area (Å²) in [6.07, 6.45) is 3.57. The average molecular weight is 540 g/mol. The molecule has 3 aromatic heterocycles. The van der Waals surface area contributed by atoms with E-state index in [9.17, 15) is 14.0 Å². The van der Waals surface area contributed by atoms with E-state index in [1.54, 1.807) is 21.7 Å². The molecule has 3 aromatic rings. The lowest BCUT2D eigenvalue weighted by atomic mass is 10.1. The van der Waals surface area contributed by atoms with Gasteiger partial charge in [-0.05, 0) is 39.7 Å². The molecule has 2 aliphatic heterocycles. The first kappa shape index (κ1) is 26.9. The number of hydrogen-bond donors (Lipinski definition) is 0. The fraction of sp³-hybridized carbons (Fsp3) is 0.500. The number of aromatic nitrogens is 3. The van der Waals surface area contributed by atoms with Gasteiger partial charge in [-0.25, -0.2) is 9.18 Å². The number of likely N-dealkylation sites (tertiary alicyclic amines) is 1. The van der Waals surface area contributed by atoms with Gasteiger partial charge in [0.15, 0.2) is 11.5 Å². The Morgan fingerprint density at radius 3 is 2.56 bits per heavy atom. The van der Waals surface area contributed by atoms with Crippen molar-refractivity contribution in [1.82, 2.24) is 24.3 Å². The average Bonchev–Trinajstić information content (AvgIpc) is 2.91. The van der Waals surface area contributed by atoms with Crippen molar-refractivity contribution >= 4 is 17.1 Å². The summed E-state index contributed by atoms with van der Waals surface area (Å²) < 4.78 is 32.5. The van der Waals surface area contributed by atoms with Crippen LogP contribution in [0.4, 0.5) is 9.18 Å². The Kier molecular flexibility index (Phi) is 7.69. The van der Waals surface area contributed by atoms with Crippen molar-refractivity contribution in [3.8, 4) is 11.5 Å². The van der Waals surface area contributed by atoms with Crippen molar-refractivity contribution < 1.29 is 23.4 Å². The van der Waals surface area contributed by atoms with E-state index in [1.165, 1.54) is 12.1 Å². The van der Waals surface area contributed by atoms with Crippen LogP contribution < -0.4 is 15.0 Å². The molecule has 11 heteroatoms. The first-order chi connectivity index (χ1) is 18.7. The fourth-order valence-electron chi connectivity index (χ4n) is 4.89. The molecule has 208 valence electrons.